The van der Waals surface area contributed by atoms with Gasteiger partial charge in [0.25, 0.3) is 0 Å². The summed E-state index contributed by atoms with van der Waals surface area (Å²) >= 11 is 1.71. The molecule has 2 aromatic rings. The predicted octanol–water partition coefficient (Wildman–Crippen LogP) is 3.30. The summed E-state index contributed by atoms with van der Waals surface area (Å²) in [7, 11) is 0. The van der Waals surface area contributed by atoms with Crippen molar-refractivity contribution in [2.75, 3.05) is 18.0 Å². The highest BCUT2D eigenvalue weighted by molar-refractivity contribution is 7.15. The van der Waals surface area contributed by atoms with Gasteiger partial charge in [0.2, 0.25) is 0 Å². The molecule has 21 heavy (non-hydrogen) atoms. The van der Waals surface area contributed by atoms with Crippen molar-refractivity contribution in [1.29, 1.82) is 0 Å². The minimum atomic E-state index is 0.649. The highest BCUT2D eigenvalue weighted by Gasteiger charge is 2.28. The second-order valence-corrected chi connectivity index (χ2v) is 7.33. The number of rotatable bonds is 6. The number of hydrogen-bond acceptors (Lipinski definition) is 4. The Morgan fingerprint density at radius 3 is 2.86 bits per heavy atom. The molecule has 0 bridgehead atoms. The van der Waals surface area contributed by atoms with Crippen LogP contribution >= 0.6 is 11.3 Å². The number of aromatic nitrogens is 2. The Kier molecular flexibility index (Phi) is 4.50. The summed E-state index contributed by atoms with van der Waals surface area (Å²) < 4.78 is 2.23. The molecule has 0 spiro atoms. The van der Waals surface area contributed by atoms with Crippen molar-refractivity contribution in [3.05, 3.63) is 17.3 Å². The molecule has 1 aliphatic carbocycles. The maximum Gasteiger partial charge on any atom is 0.195 e. The minimum Gasteiger partial charge on any atom is -0.352 e. The molecule has 1 saturated carbocycles. The second-order valence-electron chi connectivity index (χ2n) is 6.46. The largest absolute Gasteiger partial charge is 0.352 e. The zero-order valence-corrected chi connectivity index (χ0v) is 13.9. The molecule has 2 aromatic heterocycles. The fourth-order valence-corrected chi connectivity index (χ4v) is 4.17. The van der Waals surface area contributed by atoms with Gasteiger partial charge in [-0.3, -0.25) is 4.40 Å². The lowest BCUT2D eigenvalue weighted by molar-refractivity contribution is 0.530. The van der Waals surface area contributed by atoms with Crippen molar-refractivity contribution in [1.82, 2.24) is 9.38 Å². The third-order valence-corrected chi connectivity index (χ3v) is 5.08. The number of hydrogen-bond donors (Lipinski definition) is 1. The molecule has 1 aliphatic rings. The molecule has 5 heteroatoms. The first-order valence-corrected chi connectivity index (χ1v) is 8.99. The molecule has 0 radical (unpaired) electrons. The van der Waals surface area contributed by atoms with E-state index in [2.05, 4.69) is 34.7 Å². The third kappa shape index (κ3) is 2.94. The molecule has 4 nitrogen and oxygen atoms in total. The molecule has 0 aromatic carbocycles. The van der Waals surface area contributed by atoms with E-state index in [0.717, 1.165) is 17.9 Å². The standard InChI is InChI=1S/C16H26N4S/c1-12(2)11-20(13-5-3-4-6-13)15-14(7-8-17)19-9-10-21-16(19)18-15/h9-10,12-13H,3-8,11,17H2,1-2H3. The quantitative estimate of drug-likeness (QED) is 0.890. The van der Waals surface area contributed by atoms with Crippen molar-refractivity contribution >= 4 is 22.1 Å². The average Bonchev–Trinajstić information content (AvgIpc) is 3.14. The number of anilines is 1. The summed E-state index contributed by atoms with van der Waals surface area (Å²) in [4.78, 5) is 8.61. The van der Waals surface area contributed by atoms with Crippen molar-refractivity contribution in [2.24, 2.45) is 11.7 Å². The fraction of sp³-hybridized carbons (Fsp3) is 0.688. The topological polar surface area (TPSA) is 46.6 Å². The monoisotopic (exact) mass is 306 g/mol. The van der Waals surface area contributed by atoms with Crippen molar-refractivity contribution in [3.8, 4) is 0 Å². The van der Waals surface area contributed by atoms with Gasteiger partial charge in [0.15, 0.2) is 10.8 Å². The van der Waals surface area contributed by atoms with Crippen LogP contribution in [0.25, 0.3) is 4.96 Å². The lowest BCUT2D eigenvalue weighted by atomic mass is 10.1. The van der Waals surface area contributed by atoms with Crippen LogP contribution in [0.15, 0.2) is 11.6 Å². The third-order valence-electron chi connectivity index (χ3n) is 4.32. The first kappa shape index (κ1) is 14.9. The van der Waals surface area contributed by atoms with Crippen LogP contribution in [0.2, 0.25) is 0 Å². The highest BCUT2D eigenvalue weighted by atomic mass is 32.1. The van der Waals surface area contributed by atoms with Crippen LogP contribution in [-0.2, 0) is 6.42 Å². The van der Waals surface area contributed by atoms with E-state index in [1.54, 1.807) is 11.3 Å². The lowest BCUT2D eigenvalue weighted by Crippen LogP contribution is -2.37. The molecule has 2 N–H and O–H groups in total. The normalized spacial score (nSPS) is 16.4. The van der Waals surface area contributed by atoms with Gasteiger partial charge in [-0.2, -0.15) is 0 Å². The first-order valence-electron chi connectivity index (χ1n) is 8.12. The summed E-state index contributed by atoms with van der Waals surface area (Å²) in [6, 6.07) is 0.661. The first-order chi connectivity index (χ1) is 10.2. The molecule has 0 aliphatic heterocycles. The van der Waals surface area contributed by atoms with E-state index in [0.29, 0.717) is 18.5 Å². The Labute approximate surface area is 131 Å². The van der Waals surface area contributed by atoms with Crippen LogP contribution in [0.5, 0.6) is 0 Å². The fourth-order valence-electron chi connectivity index (χ4n) is 3.44. The second kappa shape index (κ2) is 6.36. The summed E-state index contributed by atoms with van der Waals surface area (Å²) in [6.07, 6.45) is 8.35. The average molecular weight is 306 g/mol. The van der Waals surface area contributed by atoms with E-state index in [9.17, 15) is 0 Å². The van der Waals surface area contributed by atoms with Gasteiger partial charge < -0.3 is 10.6 Å². The van der Waals surface area contributed by atoms with E-state index >= 15 is 0 Å². The van der Waals surface area contributed by atoms with E-state index in [4.69, 9.17) is 10.7 Å². The number of thiazole rings is 1. The van der Waals surface area contributed by atoms with Crippen LogP contribution in [-0.4, -0.2) is 28.5 Å². The highest BCUT2D eigenvalue weighted by Crippen LogP contribution is 2.32. The Bertz CT molecular complexity index is 580. The van der Waals surface area contributed by atoms with Gasteiger partial charge in [-0.1, -0.05) is 26.7 Å². The smallest absolute Gasteiger partial charge is 0.195 e. The SMILES string of the molecule is CC(C)CN(c1nc2sccn2c1CCN)C1CCCC1. The molecule has 0 saturated heterocycles. The Morgan fingerprint density at radius 1 is 1.43 bits per heavy atom. The van der Waals surface area contributed by atoms with E-state index in [1.165, 1.54) is 37.2 Å². The maximum absolute atomic E-state index is 5.85. The molecule has 3 rings (SSSR count). The van der Waals surface area contributed by atoms with Gasteiger partial charge >= 0.3 is 0 Å². The van der Waals surface area contributed by atoms with Crippen molar-refractivity contribution in [2.45, 2.75) is 52.0 Å². The van der Waals surface area contributed by atoms with Crippen molar-refractivity contribution in [3.63, 3.8) is 0 Å². The molecule has 1 fully saturated rings. The van der Waals surface area contributed by atoms with Crippen LogP contribution in [0, 0.1) is 5.92 Å². The zero-order chi connectivity index (χ0) is 14.8. The van der Waals surface area contributed by atoms with Crippen LogP contribution in [0.4, 0.5) is 5.82 Å². The predicted molar refractivity (Wildman–Crippen MR) is 90.3 cm³/mol. The van der Waals surface area contributed by atoms with E-state index in [1.807, 2.05) is 0 Å². The minimum absolute atomic E-state index is 0.649. The molecule has 0 amide bonds. The summed E-state index contributed by atoms with van der Waals surface area (Å²) in [6.45, 7) is 6.36. The molecule has 0 atom stereocenters. The lowest BCUT2D eigenvalue weighted by Gasteiger charge is -2.31. The number of fused-ring (bicyclic) bond motifs is 1. The molecule has 116 valence electrons. The van der Waals surface area contributed by atoms with Gasteiger partial charge in [-0.15, -0.1) is 11.3 Å². The number of imidazole rings is 1. The van der Waals surface area contributed by atoms with E-state index < -0.39 is 0 Å². The summed E-state index contributed by atoms with van der Waals surface area (Å²) in [5.41, 5.74) is 7.14. The maximum atomic E-state index is 5.85. The van der Waals surface area contributed by atoms with Gasteiger partial charge in [-0.25, -0.2) is 4.98 Å². The Hall–Kier alpha value is -1.07. The van der Waals surface area contributed by atoms with Crippen LogP contribution in [0.3, 0.4) is 0 Å². The zero-order valence-electron chi connectivity index (χ0n) is 13.1. The van der Waals surface area contributed by atoms with Crippen LogP contribution < -0.4 is 10.6 Å². The number of nitrogens with zero attached hydrogens (tertiary/aromatic N) is 3. The molecular formula is C16H26N4S. The van der Waals surface area contributed by atoms with Crippen LogP contribution in [0.1, 0.15) is 45.2 Å². The molecule has 0 unspecified atom stereocenters. The molecular weight excluding hydrogens is 280 g/mol. The van der Waals surface area contributed by atoms with Crippen molar-refractivity contribution < 1.29 is 0 Å². The number of nitrogens with two attached hydrogens (primary N) is 1. The van der Waals surface area contributed by atoms with Gasteiger partial charge in [0, 0.05) is 30.6 Å². The van der Waals surface area contributed by atoms with Gasteiger partial charge in [-0.05, 0) is 25.3 Å². The van der Waals surface area contributed by atoms with E-state index in [-0.39, 0.29) is 0 Å². The van der Waals surface area contributed by atoms with Gasteiger partial charge in [0.05, 0.1) is 5.69 Å². The summed E-state index contributed by atoms with van der Waals surface area (Å²) in [5.74, 6) is 1.84. The molecule has 2 heterocycles. The van der Waals surface area contributed by atoms with Gasteiger partial charge in [0.1, 0.15) is 0 Å². The Balaban J connectivity index is 2.00. The Morgan fingerprint density at radius 2 is 2.19 bits per heavy atom. The summed E-state index contributed by atoms with van der Waals surface area (Å²) in [5, 5.41) is 2.11.